The molecule has 140 valence electrons. The van der Waals surface area contributed by atoms with Crippen molar-refractivity contribution in [2.45, 2.75) is 15.8 Å². The molecule has 6 nitrogen and oxygen atoms in total. The number of anilines is 1. The standard InChI is InChI=1S/C17H15F2N5OS2/c1-24-15(11-3-2-8-20-9-11)22-23-17(24)26-10-14(25)21-12-4-6-13(7-5-12)27-16(18)19/h2-9,16H,10H2,1H3,(H,21,25). The molecule has 0 aliphatic carbocycles. The maximum Gasteiger partial charge on any atom is 0.288 e. The van der Waals surface area contributed by atoms with Crippen molar-refractivity contribution < 1.29 is 13.6 Å². The molecule has 1 amide bonds. The quantitative estimate of drug-likeness (QED) is 0.599. The zero-order valence-corrected chi connectivity index (χ0v) is 15.8. The number of hydrogen-bond acceptors (Lipinski definition) is 6. The van der Waals surface area contributed by atoms with Crippen molar-refractivity contribution in [2.24, 2.45) is 7.05 Å². The van der Waals surface area contributed by atoms with Crippen LogP contribution in [0, 0.1) is 0 Å². The number of pyridine rings is 1. The molecule has 0 saturated heterocycles. The van der Waals surface area contributed by atoms with E-state index in [1.807, 2.05) is 19.2 Å². The van der Waals surface area contributed by atoms with E-state index in [2.05, 4.69) is 20.5 Å². The van der Waals surface area contributed by atoms with Gasteiger partial charge in [0.2, 0.25) is 5.91 Å². The van der Waals surface area contributed by atoms with Crippen molar-refractivity contribution in [3.63, 3.8) is 0 Å². The highest BCUT2D eigenvalue weighted by Gasteiger charge is 2.13. The van der Waals surface area contributed by atoms with E-state index in [0.29, 0.717) is 33.3 Å². The molecule has 0 unspecified atom stereocenters. The third-order valence-electron chi connectivity index (χ3n) is 3.45. The average molecular weight is 407 g/mol. The molecule has 0 spiro atoms. The van der Waals surface area contributed by atoms with E-state index in [-0.39, 0.29) is 11.7 Å². The van der Waals surface area contributed by atoms with Crippen molar-refractivity contribution in [1.29, 1.82) is 0 Å². The highest BCUT2D eigenvalue weighted by Crippen LogP contribution is 2.26. The van der Waals surface area contributed by atoms with Crippen LogP contribution in [-0.4, -0.2) is 37.2 Å². The topological polar surface area (TPSA) is 72.7 Å². The number of carbonyl (C=O) groups is 1. The van der Waals surface area contributed by atoms with Crippen LogP contribution in [0.5, 0.6) is 0 Å². The van der Waals surface area contributed by atoms with Gasteiger partial charge in [0, 0.05) is 35.6 Å². The van der Waals surface area contributed by atoms with Crippen LogP contribution in [0.15, 0.2) is 58.8 Å². The van der Waals surface area contributed by atoms with Gasteiger partial charge in [-0.1, -0.05) is 23.5 Å². The van der Waals surface area contributed by atoms with Crippen LogP contribution >= 0.6 is 23.5 Å². The van der Waals surface area contributed by atoms with Gasteiger partial charge in [0.15, 0.2) is 11.0 Å². The van der Waals surface area contributed by atoms with Crippen molar-refractivity contribution in [3.05, 3.63) is 48.8 Å². The molecule has 2 aromatic heterocycles. The Kier molecular flexibility index (Phi) is 6.40. The minimum Gasteiger partial charge on any atom is -0.325 e. The Morgan fingerprint density at radius 3 is 2.67 bits per heavy atom. The van der Waals surface area contributed by atoms with Crippen LogP contribution in [0.25, 0.3) is 11.4 Å². The van der Waals surface area contributed by atoms with Gasteiger partial charge in [-0.25, -0.2) is 0 Å². The number of nitrogens with one attached hydrogen (secondary N) is 1. The number of nitrogens with zero attached hydrogens (tertiary/aromatic N) is 4. The molecule has 0 aliphatic rings. The van der Waals surface area contributed by atoms with Crippen LogP contribution in [0.2, 0.25) is 0 Å². The van der Waals surface area contributed by atoms with E-state index in [0.717, 1.165) is 5.56 Å². The highest BCUT2D eigenvalue weighted by molar-refractivity contribution is 8.00. The minimum absolute atomic E-state index is 0.145. The van der Waals surface area contributed by atoms with E-state index in [1.54, 1.807) is 41.2 Å². The fourth-order valence-corrected chi connectivity index (χ4v) is 3.44. The van der Waals surface area contributed by atoms with Gasteiger partial charge in [0.25, 0.3) is 5.76 Å². The third-order valence-corrected chi connectivity index (χ3v) is 5.19. The van der Waals surface area contributed by atoms with Gasteiger partial charge in [-0.3, -0.25) is 9.78 Å². The molecule has 0 atom stereocenters. The molecule has 3 rings (SSSR count). The lowest BCUT2D eigenvalue weighted by molar-refractivity contribution is -0.113. The predicted molar refractivity (Wildman–Crippen MR) is 102 cm³/mol. The largest absolute Gasteiger partial charge is 0.325 e. The van der Waals surface area contributed by atoms with Gasteiger partial charge >= 0.3 is 0 Å². The molecule has 0 saturated carbocycles. The lowest BCUT2D eigenvalue weighted by atomic mass is 10.3. The summed E-state index contributed by atoms with van der Waals surface area (Å²) in [6.07, 6.45) is 3.37. The van der Waals surface area contributed by atoms with E-state index in [1.165, 1.54) is 11.8 Å². The fraction of sp³-hybridized carbons (Fsp3) is 0.176. The van der Waals surface area contributed by atoms with Gasteiger partial charge in [-0.15, -0.1) is 10.2 Å². The van der Waals surface area contributed by atoms with E-state index in [4.69, 9.17) is 0 Å². The smallest absolute Gasteiger partial charge is 0.288 e. The Balaban J connectivity index is 1.56. The van der Waals surface area contributed by atoms with Gasteiger partial charge in [0.05, 0.1) is 5.75 Å². The van der Waals surface area contributed by atoms with E-state index in [9.17, 15) is 13.6 Å². The van der Waals surface area contributed by atoms with Crippen LogP contribution < -0.4 is 5.32 Å². The van der Waals surface area contributed by atoms with Gasteiger partial charge in [-0.2, -0.15) is 8.78 Å². The molecule has 0 bridgehead atoms. The highest BCUT2D eigenvalue weighted by atomic mass is 32.2. The number of thioether (sulfide) groups is 2. The number of amides is 1. The third kappa shape index (κ3) is 5.27. The molecule has 2 heterocycles. The number of rotatable bonds is 7. The summed E-state index contributed by atoms with van der Waals surface area (Å²) in [5.41, 5.74) is 1.39. The number of aromatic nitrogens is 4. The first kappa shape index (κ1) is 19.3. The summed E-state index contributed by atoms with van der Waals surface area (Å²) in [5.74, 6) is -1.88. The molecule has 0 radical (unpaired) electrons. The van der Waals surface area contributed by atoms with Gasteiger partial charge in [-0.05, 0) is 36.4 Å². The van der Waals surface area contributed by atoms with Crippen molar-refractivity contribution in [2.75, 3.05) is 11.1 Å². The maximum absolute atomic E-state index is 12.3. The zero-order chi connectivity index (χ0) is 19.2. The first-order valence-electron chi connectivity index (χ1n) is 7.80. The first-order chi connectivity index (χ1) is 13.0. The van der Waals surface area contributed by atoms with Crippen LogP contribution in [0.1, 0.15) is 0 Å². The second-order valence-electron chi connectivity index (χ2n) is 5.35. The summed E-state index contributed by atoms with van der Waals surface area (Å²) < 4.78 is 26.4. The molecule has 1 aromatic carbocycles. The van der Waals surface area contributed by atoms with Crippen molar-refractivity contribution >= 4 is 35.1 Å². The maximum atomic E-state index is 12.3. The van der Waals surface area contributed by atoms with Crippen LogP contribution in [-0.2, 0) is 11.8 Å². The zero-order valence-electron chi connectivity index (χ0n) is 14.2. The van der Waals surface area contributed by atoms with Crippen LogP contribution in [0.3, 0.4) is 0 Å². The Morgan fingerprint density at radius 1 is 1.22 bits per heavy atom. The Hall–Kier alpha value is -2.46. The Labute approximate surface area is 162 Å². The van der Waals surface area contributed by atoms with Crippen molar-refractivity contribution in [1.82, 2.24) is 19.7 Å². The molecular formula is C17H15F2N5OS2. The Bertz CT molecular complexity index is 903. The molecular weight excluding hydrogens is 392 g/mol. The second-order valence-corrected chi connectivity index (χ2v) is 7.35. The number of halogens is 2. The first-order valence-corrected chi connectivity index (χ1v) is 9.67. The van der Waals surface area contributed by atoms with Gasteiger partial charge < -0.3 is 9.88 Å². The summed E-state index contributed by atoms with van der Waals surface area (Å²) in [6, 6.07) is 9.97. The molecule has 3 aromatic rings. The number of benzene rings is 1. The minimum atomic E-state index is -2.47. The van der Waals surface area contributed by atoms with Crippen LogP contribution in [0.4, 0.5) is 14.5 Å². The number of carbonyl (C=O) groups excluding carboxylic acids is 1. The SMILES string of the molecule is Cn1c(SCC(=O)Nc2ccc(SC(F)F)cc2)nnc1-c1cccnc1. The fourth-order valence-electron chi connectivity index (χ4n) is 2.23. The summed E-state index contributed by atoms with van der Waals surface area (Å²) in [7, 11) is 1.82. The van der Waals surface area contributed by atoms with Gasteiger partial charge in [0.1, 0.15) is 0 Å². The monoisotopic (exact) mass is 407 g/mol. The summed E-state index contributed by atoms with van der Waals surface area (Å²) in [4.78, 5) is 16.6. The summed E-state index contributed by atoms with van der Waals surface area (Å²) >= 11 is 1.72. The summed E-state index contributed by atoms with van der Waals surface area (Å²) in [6.45, 7) is 0. The second kappa shape index (κ2) is 8.96. The molecule has 10 heteroatoms. The van der Waals surface area contributed by atoms with Crippen molar-refractivity contribution in [3.8, 4) is 11.4 Å². The van der Waals surface area contributed by atoms with E-state index >= 15 is 0 Å². The predicted octanol–water partition coefficient (Wildman–Crippen LogP) is 3.92. The normalized spacial score (nSPS) is 11.0. The average Bonchev–Trinajstić information content (AvgIpc) is 3.02. The molecule has 0 fully saturated rings. The van der Waals surface area contributed by atoms with E-state index < -0.39 is 5.76 Å². The lowest BCUT2D eigenvalue weighted by Gasteiger charge is -2.06. The Morgan fingerprint density at radius 2 is 2.00 bits per heavy atom. The molecule has 0 aliphatic heterocycles. The summed E-state index contributed by atoms with van der Waals surface area (Å²) in [5, 5.41) is 11.6. The number of hydrogen-bond donors (Lipinski definition) is 1. The lowest BCUT2D eigenvalue weighted by Crippen LogP contribution is -2.14. The molecule has 1 N–H and O–H groups in total. The number of alkyl halides is 2. The molecule has 27 heavy (non-hydrogen) atoms.